The summed E-state index contributed by atoms with van der Waals surface area (Å²) in [5, 5.41) is 1.04. The lowest BCUT2D eigenvalue weighted by Gasteiger charge is -2.29. The molecule has 0 unspecified atom stereocenters. The van der Waals surface area contributed by atoms with Crippen LogP contribution in [0.2, 0.25) is 0 Å². The minimum atomic E-state index is -3.53. The Labute approximate surface area is 199 Å². The second-order valence-electron chi connectivity index (χ2n) is 9.36. The van der Waals surface area contributed by atoms with Gasteiger partial charge in [-0.2, -0.15) is 8.42 Å². The van der Waals surface area contributed by atoms with Gasteiger partial charge < -0.3 is 4.98 Å². The Balaban J connectivity index is 1.21. The molecule has 3 aliphatic rings. The van der Waals surface area contributed by atoms with Crippen molar-refractivity contribution < 1.29 is 12.8 Å². The quantitative estimate of drug-likeness (QED) is 0.586. The van der Waals surface area contributed by atoms with Crippen LogP contribution >= 0.6 is 0 Å². The van der Waals surface area contributed by atoms with Crippen LogP contribution in [-0.4, -0.2) is 51.0 Å². The summed E-state index contributed by atoms with van der Waals surface area (Å²) < 4.78 is 43.7. The average Bonchev–Trinajstić information content (AvgIpc) is 3.36. The van der Waals surface area contributed by atoms with Crippen LogP contribution in [0.4, 0.5) is 15.8 Å². The summed E-state index contributed by atoms with van der Waals surface area (Å²) in [6, 6.07) is 9.07. The van der Waals surface area contributed by atoms with Crippen LogP contribution in [-0.2, 0) is 23.1 Å². The summed E-state index contributed by atoms with van der Waals surface area (Å²) in [7, 11) is -3.53. The first-order chi connectivity index (χ1) is 16.5. The molecular weight excluding hydrogens is 451 g/mol. The molecule has 0 amide bonds. The minimum Gasteiger partial charge on any atom is -0.360 e. The Bertz CT molecular complexity index is 1410. The van der Waals surface area contributed by atoms with Gasteiger partial charge in [-0.05, 0) is 60.6 Å². The van der Waals surface area contributed by atoms with Crippen molar-refractivity contribution in [2.24, 2.45) is 0 Å². The van der Waals surface area contributed by atoms with Crippen LogP contribution < -0.4 is 8.61 Å². The van der Waals surface area contributed by atoms with Gasteiger partial charge in [-0.3, -0.25) is 9.21 Å². The Morgan fingerprint density at radius 3 is 2.74 bits per heavy atom. The Morgan fingerprint density at radius 1 is 1.06 bits per heavy atom. The third-order valence-electron chi connectivity index (χ3n) is 7.46. The number of H-pyrrole nitrogens is 1. The van der Waals surface area contributed by atoms with Crippen LogP contribution in [0.25, 0.3) is 16.5 Å². The van der Waals surface area contributed by atoms with Crippen molar-refractivity contribution in [1.29, 1.82) is 0 Å². The molecular formula is C26H29FN4O2S. The number of benzene rings is 2. The van der Waals surface area contributed by atoms with Gasteiger partial charge in [0.05, 0.1) is 11.4 Å². The normalized spacial score (nSPS) is 19.5. The number of aryl methyl sites for hydroxylation is 2. The van der Waals surface area contributed by atoms with Crippen molar-refractivity contribution in [2.45, 2.75) is 32.6 Å². The number of aromatic nitrogens is 1. The van der Waals surface area contributed by atoms with Crippen LogP contribution in [0.15, 0.2) is 42.6 Å². The number of nitrogens with one attached hydrogen (secondary N) is 1. The summed E-state index contributed by atoms with van der Waals surface area (Å²) in [5.41, 5.74) is 7.26. The molecule has 4 heterocycles. The fourth-order valence-electron chi connectivity index (χ4n) is 5.68. The topological polar surface area (TPSA) is 59.7 Å². The van der Waals surface area contributed by atoms with E-state index in [0.717, 1.165) is 77.7 Å². The summed E-state index contributed by atoms with van der Waals surface area (Å²) in [5.74, 6) is -0.240. The van der Waals surface area contributed by atoms with Crippen LogP contribution in [0.3, 0.4) is 0 Å². The zero-order valence-electron chi connectivity index (χ0n) is 19.3. The van der Waals surface area contributed by atoms with Crippen molar-refractivity contribution in [3.8, 4) is 0 Å². The van der Waals surface area contributed by atoms with Crippen LogP contribution in [0, 0.1) is 5.82 Å². The zero-order chi connectivity index (χ0) is 23.4. The average molecular weight is 481 g/mol. The second-order valence-corrected chi connectivity index (χ2v) is 11.1. The minimum absolute atomic E-state index is 0.240. The highest BCUT2D eigenvalue weighted by atomic mass is 32.2. The predicted octanol–water partition coefficient (Wildman–Crippen LogP) is 4.48. The zero-order valence-corrected chi connectivity index (χ0v) is 20.2. The van der Waals surface area contributed by atoms with Crippen molar-refractivity contribution in [2.75, 3.05) is 41.3 Å². The first-order valence-corrected chi connectivity index (χ1v) is 13.5. The maximum Gasteiger partial charge on any atom is 0.326 e. The lowest BCUT2D eigenvalue weighted by Crippen LogP contribution is -2.43. The molecule has 1 aromatic heterocycles. The first kappa shape index (κ1) is 21.7. The lowest BCUT2D eigenvalue weighted by atomic mass is 9.97. The molecule has 0 aliphatic carbocycles. The second kappa shape index (κ2) is 8.13. The monoisotopic (exact) mass is 480 g/mol. The highest BCUT2D eigenvalue weighted by molar-refractivity contribution is 7.94. The van der Waals surface area contributed by atoms with E-state index in [0.29, 0.717) is 19.6 Å². The molecule has 3 aromatic rings. The van der Waals surface area contributed by atoms with Gasteiger partial charge in [0, 0.05) is 55.4 Å². The van der Waals surface area contributed by atoms with E-state index >= 15 is 0 Å². The number of aromatic amines is 1. The fourth-order valence-corrected chi connectivity index (χ4v) is 7.46. The Morgan fingerprint density at radius 2 is 1.94 bits per heavy atom. The molecule has 0 saturated carbocycles. The molecule has 0 fully saturated rings. The summed E-state index contributed by atoms with van der Waals surface area (Å²) in [4.78, 5) is 5.49. The van der Waals surface area contributed by atoms with Gasteiger partial charge in [0.15, 0.2) is 0 Å². The van der Waals surface area contributed by atoms with E-state index in [1.807, 2.05) is 12.3 Å². The van der Waals surface area contributed by atoms with Gasteiger partial charge in [-0.15, -0.1) is 0 Å². The van der Waals surface area contributed by atoms with E-state index < -0.39 is 10.2 Å². The maximum atomic E-state index is 13.5. The van der Waals surface area contributed by atoms with Crippen molar-refractivity contribution in [3.05, 3.63) is 65.1 Å². The van der Waals surface area contributed by atoms with E-state index in [1.54, 1.807) is 8.61 Å². The number of hydrogen-bond acceptors (Lipinski definition) is 3. The highest BCUT2D eigenvalue weighted by Gasteiger charge is 2.44. The van der Waals surface area contributed by atoms with Gasteiger partial charge in [-0.25, -0.2) is 8.70 Å². The van der Waals surface area contributed by atoms with Gasteiger partial charge in [0.1, 0.15) is 5.82 Å². The van der Waals surface area contributed by atoms with Gasteiger partial charge in [0.2, 0.25) is 0 Å². The standard InChI is InChI=1S/C26H29FN4O2S/c1-2-18-5-6-20-4-3-11-30-26(20)25(18)31(34(30,32)33)15-14-29-12-9-19(10-13-29)23-17-28-24-16-21(27)7-8-22(23)24/h5-9,16-17,28H,2-4,10-15H2,1H3. The molecule has 6 nitrogen and oxygen atoms in total. The smallest absolute Gasteiger partial charge is 0.326 e. The number of hydrogen-bond donors (Lipinski definition) is 1. The summed E-state index contributed by atoms with van der Waals surface area (Å²) in [6.07, 6.45) is 7.67. The van der Waals surface area contributed by atoms with E-state index in [9.17, 15) is 12.8 Å². The molecule has 0 spiro atoms. The summed E-state index contributed by atoms with van der Waals surface area (Å²) >= 11 is 0. The summed E-state index contributed by atoms with van der Waals surface area (Å²) in [6.45, 7) is 5.43. The van der Waals surface area contributed by atoms with Gasteiger partial charge >= 0.3 is 10.2 Å². The maximum absolute atomic E-state index is 13.5. The fraction of sp³-hybridized carbons (Fsp3) is 0.385. The molecule has 0 bridgehead atoms. The number of rotatable bonds is 5. The largest absolute Gasteiger partial charge is 0.360 e. The van der Waals surface area contributed by atoms with Crippen LogP contribution in [0.5, 0.6) is 0 Å². The molecule has 2 aromatic carbocycles. The van der Waals surface area contributed by atoms with Gasteiger partial charge in [0.25, 0.3) is 0 Å². The van der Waals surface area contributed by atoms with Crippen molar-refractivity contribution in [3.63, 3.8) is 0 Å². The third kappa shape index (κ3) is 3.34. The molecule has 1 N–H and O–H groups in total. The molecule has 8 heteroatoms. The van der Waals surface area contributed by atoms with Crippen molar-refractivity contribution in [1.82, 2.24) is 9.88 Å². The molecule has 0 atom stereocenters. The van der Waals surface area contributed by atoms with E-state index in [1.165, 1.54) is 17.7 Å². The predicted molar refractivity (Wildman–Crippen MR) is 135 cm³/mol. The van der Waals surface area contributed by atoms with E-state index in [2.05, 4.69) is 35.0 Å². The molecule has 178 valence electrons. The Kier molecular flexibility index (Phi) is 5.18. The number of fused-ring (bicyclic) bond motifs is 1. The molecule has 6 rings (SSSR count). The molecule has 0 radical (unpaired) electrons. The Hall–Kier alpha value is -2.84. The lowest BCUT2D eigenvalue weighted by molar-refractivity contribution is 0.311. The number of anilines is 2. The molecule has 0 saturated heterocycles. The highest BCUT2D eigenvalue weighted by Crippen LogP contribution is 2.48. The molecule has 3 aliphatic heterocycles. The third-order valence-corrected chi connectivity index (χ3v) is 9.31. The molecule has 34 heavy (non-hydrogen) atoms. The van der Waals surface area contributed by atoms with E-state index in [-0.39, 0.29) is 5.82 Å². The number of nitrogens with zero attached hydrogens (tertiary/aromatic N) is 3. The SMILES string of the molecule is CCc1ccc2c3c1N(CCN1CC=C(c4c[nH]c5cc(F)ccc45)CC1)S(=O)(=O)N3CCC2. The van der Waals surface area contributed by atoms with Crippen LogP contribution in [0.1, 0.15) is 36.5 Å². The number of halogens is 1. The van der Waals surface area contributed by atoms with Gasteiger partial charge in [-0.1, -0.05) is 25.1 Å². The first-order valence-electron chi connectivity index (χ1n) is 12.1. The van der Waals surface area contributed by atoms with E-state index in [4.69, 9.17) is 0 Å². The van der Waals surface area contributed by atoms with Crippen molar-refractivity contribution >= 4 is 38.1 Å².